The molecule has 25 heavy (non-hydrogen) atoms. The fraction of sp³-hybridized carbons (Fsp3) is 0.350. The van der Waals surface area contributed by atoms with Gasteiger partial charge < -0.3 is 10.1 Å². The van der Waals surface area contributed by atoms with E-state index in [4.69, 9.17) is 4.74 Å². The van der Waals surface area contributed by atoms with Crippen LogP contribution in [0.2, 0.25) is 0 Å². The summed E-state index contributed by atoms with van der Waals surface area (Å²) in [5, 5.41) is 3.26. The predicted octanol–water partition coefficient (Wildman–Crippen LogP) is 4.69. The van der Waals surface area contributed by atoms with Crippen molar-refractivity contribution in [3.8, 4) is 5.75 Å². The van der Waals surface area contributed by atoms with Crippen molar-refractivity contribution in [2.45, 2.75) is 47.6 Å². The van der Waals surface area contributed by atoms with Crippen LogP contribution in [0.25, 0.3) is 0 Å². The molecule has 0 amide bonds. The SMILES string of the molecule is C=C(C)C(/N=C(\C)C=O)=C(\N=C/C)Nc1ccc(C)cc1OC(C)C. The third-order valence-electron chi connectivity index (χ3n) is 3.10. The Bertz CT molecular complexity index is 728. The van der Waals surface area contributed by atoms with Crippen LogP contribution in [0.3, 0.4) is 0 Å². The molecule has 0 radical (unpaired) electrons. The van der Waals surface area contributed by atoms with E-state index in [9.17, 15) is 4.79 Å². The molecule has 5 nitrogen and oxygen atoms in total. The summed E-state index contributed by atoms with van der Waals surface area (Å²) in [5.41, 5.74) is 3.45. The zero-order valence-electron chi connectivity index (χ0n) is 15.9. The van der Waals surface area contributed by atoms with Crippen molar-refractivity contribution < 1.29 is 9.53 Å². The number of hydrogen-bond acceptors (Lipinski definition) is 5. The zero-order chi connectivity index (χ0) is 19.0. The third kappa shape index (κ3) is 6.37. The maximum absolute atomic E-state index is 11.0. The lowest BCUT2D eigenvalue weighted by molar-refractivity contribution is -0.102. The topological polar surface area (TPSA) is 63.0 Å². The van der Waals surface area contributed by atoms with Crippen LogP contribution in [0, 0.1) is 6.92 Å². The number of carbonyl (C=O) groups is 1. The van der Waals surface area contributed by atoms with Crippen LogP contribution in [0.15, 0.2) is 51.9 Å². The first-order valence-corrected chi connectivity index (χ1v) is 8.22. The van der Waals surface area contributed by atoms with Gasteiger partial charge in [-0.1, -0.05) is 12.6 Å². The molecule has 0 bridgehead atoms. The summed E-state index contributed by atoms with van der Waals surface area (Å²) in [4.78, 5) is 19.7. The molecule has 0 spiro atoms. The number of aryl methyl sites for hydroxylation is 1. The maximum Gasteiger partial charge on any atom is 0.163 e. The summed E-state index contributed by atoms with van der Waals surface area (Å²) >= 11 is 0. The summed E-state index contributed by atoms with van der Waals surface area (Å²) in [6.45, 7) is 15.2. The van der Waals surface area contributed by atoms with Crippen molar-refractivity contribution in [2.24, 2.45) is 9.98 Å². The number of benzene rings is 1. The van der Waals surface area contributed by atoms with E-state index in [1.54, 1.807) is 13.1 Å². The van der Waals surface area contributed by atoms with Gasteiger partial charge >= 0.3 is 0 Å². The van der Waals surface area contributed by atoms with Crippen molar-refractivity contribution in [2.75, 3.05) is 5.32 Å². The molecule has 0 saturated heterocycles. The second-order valence-corrected chi connectivity index (χ2v) is 6.03. The molecule has 0 aliphatic heterocycles. The molecule has 0 fully saturated rings. The molecule has 1 N–H and O–H groups in total. The molecular weight excluding hydrogens is 314 g/mol. The number of anilines is 1. The molecule has 5 heteroatoms. The lowest BCUT2D eigenvalue weighted by Crippen LogP contribution is -2.10. The number of rotatable bonds is 8. The van der Waals surface area contributed by atoms with E-state index >= 15 is 0 Å². The average Bonchev–Trinajstić information content (AvgIpc) is 2.53. The van der Waals surface area contributed by atoms with Gasteiger partial charge in [0.1, 0.15) is 11.4 Å². The zero-order valence-corrected chi connectivity index (χ0v) is 15.9. The number of ether oxygens (including phenoxy) is 1. The highest BCUT2D eigenvalue weighted by atomic mass is 16.5. The molecule has 1 rings (SSSR count). The van der Waals surface area contributed by atoms with Gasteiger partial charge in [0.15, 0.2) is 12.1 Å². The Hall–Kier alpha value is -2.69. The van der Waals surface area contributed by atoms with E-state index < -0.39 is 0 Å². The van der Waals surface area contributed by atoms with Crippen molar-refractivity contribution in [3.63, 3.8) is 0 Å². The van der Waals surface area contributed by atoms with Crippen LogP contribution in [-0.4, -0.2) is 24.3 Å². The van der Waals surface area contributed by atoms with E-state index in [-0.39, 0.29) is 6.10 Å². The van der Waals surface area contributed by atoms with E-state index in [0.717, 1.165) is 17.0 Å². The summed E-state index contributed by atoms with van der Waals surface area (Å²) in [6, 6.07) is 5.89. The fourth-order valence-corrected chi connectivity index (χ4v) is 2.05. The summed E-state index contributed by atoms with van der Waals surface area (Å²) in [5.74, 6) is 1.24. The van der Waals surface area contributed by atoms with Crippen LogP contribution in [0.1, 0.15) is 40.2 Å². The molecule has 0 atom stereocenters. The Morgan fingerprint density at radius 1 is 1.32 bits per heavy atom. The van der Waals surface area contributed by atoms with E-state index in [1.165, 1.54) is 0 Å². The van der Waals surface area contributed by atoms with Crippen LogP contribution in [-0.2, 0) is 4.79 Å². The molecule has 1 aromatic rings. The molecule has 0 aromatic heterocycles. The van der Waals surface area contributed by atoms with E-state index in [0.29, 0.717) is 29.1 Å². The van der Waals surface area contributed by atoms with Gasteiger partial charge in [-0.05, 0) is 64.8 Å². The lowest BCUT2D eigenvalue weighted by atomic mass is 10.2. The van der Waals surface area contributed by atoms with Crippen LogP contribution < -0.4 is 10.1 Å². The minimum atomic E-state index is 0.0420. The Balaban J connectivity index is 3.45. The highest BCUT2D eigenvalue weighted by Crippen LogP contribution is 2.29. The number of nitrogens with zero attached hydrogens (tertiary/aromatic N) is 2. The second kappa shape index (κ2) is 9.57. The summed E-state index contributed by atoms with van der Waals surface area (Å²) in [6.07, 6.45) is 2.41. The molecule has 1 aromatic carbocycles. The lowest BCUT2D eigenvalue weighted by Gasteiger charge is -2.17. The summed E-state index contributed by atoms with van der Waals surface area (Å²) in [7, 11) is 0. The van der Waals surface area contributed by atoms with Gasteiger partial charge in [0, 0.05) is 6.21 Å². The van der Waals surface area contributed by atoms with Gasteiger partial charge in [0.25, 0.3) is 0 Å². The quantitative estimate of drug-likeness (QED) is 0.424. The number of carbonyl (C=O) groups excluding carboxylic acids is 1. The van der Waals surface area contributed by atoms with Gasteiger partial charge in [-0.25, -0.2) is 9.98 Å². The first-order chi connectivity index (χ1) is 11.8. The molecule has 0 heterocycles. The van der Waals surface area contributed by atoms with Crippen molar-refractivity contribution >= 4 is 23.9 Å². The fourth-order valence-electron chi connectivity index (χ4n) is 2.05. The number of nitrogens with one attached hydrogen (secondary N) is 1. The molecule has 0 saturated carbocycles. The minimum absolute atomic E-state index is 0.0420. The van der Waals surface area contributed by atoms with Gasteiger partial charge in [-0.15, -0.1) is 0 Å². The normalized spacial score (nSPS) is 13.0. The largest absolute Gasteiger partial charge is 0.489 e. The maximum atomic E-state index is 11.0. The summed E-state index contributed by atoms with van der Waals surface area (Å²) < 4.78 is 5.90. The molecular formula is C20H27N3O2. The standard InChI is InChI=1S/C20H27N3O2/c1-8-21-20(19(13(2)3)22-16(7)12-24)23-17-10-9-15(6)11-18(17)25-14(4)5/h8-12,14,23H,2H2,1,3-7H3/b20-19-,21-8-,22-16+. The molecule has 134 valence electrons. The van der Waals surface area contributed by atoms with Gasteiger partial charge in [0.2, 0.25) is 0 Å². The number of allylic oxidation sites excluding steroid dienone is 1. The molecule has 0 aliphatic rings. The van der Waals surface area contributed by atoms with E-state index in [2.05, 4.69) is 21.9 Å². The van der Waals surface area contributed by atoms with Gasteiger partial charge in [-0.3, -0.25) is 4.79 Å². The molecule has 0 aliphatic carbocycles. The smallest absolute Gasteiger partial charge is 0.163 e. The number of aliphatic imine (C=N–C) groups is 2. The first-order valence-electron chi connectivity index (χ1n) is 8.22. The predicted molar refractivity (Wildman–Crippen MR) is 106 cm³/mol. The van der Waals surface area contributed by atoms with Crippen LogP contribution >= 0.6 is 0 Å². The second-order valence-electron chi connectivity index (χ2n) is 6.03. The highest BCUT2D eigenvalue weighted by Gasteiger charge is 2.12. The van der Waals surface area contributed by atoms with Crippen LogP contribution in [0.5, 0.6) is 5.75 Å². The molecule has 0 unspecified atom stereocenters. The first kappa shape index (κ1) is 20.4. The highest BCUT2D eigenvalue weighted by molar-refractivity contribution is 6.27. The Morgan fingerprint density at radius 3 is 2.52 bits per heavy atom. The van der Waals surface area contributed by atoms with Crippen molar-refractivity contribution in [1.29, 1.82) is 0 Å². The van der Waals surface area contributed by atoms with Crippen molar-refractivity contribution in [3.05, 3.63) is 47.4 Å². The van der Waals surface area contributed by atoms with Gasteiger partial charge in [0.05, 0.1) is 17.5 Å². The number of hydrogen-bond donors (Lipinski definition) is 1. The van der Waals surface area contributed by atoms with Gasteiger partial charge in [-0.2, -0.15) is 0 Å². The van der Waals surface area contributed by atoms with Crippen molar-refractivity contribution in [1.82, 2.24) is 0 Å². The third-order valence-corrected chi connectivity index (χ3v) is 3.10. The van der Waals surface area contributed by atoms with Crippen LogP contribution in [0.4, 0.5) is 5.69 Å². The number of aldehydes is 1. The Labute approximate surface area is 150 Å². The monoisotopic (exact) mass is 341 g/mol. The average molecular weight is 341 g/mol. The van der Waals surface area contributed by atoms with E-state index in [1.807, 2.05) is 52.8 Å². The Morgan fingerprint density at radius 2 is 2.00 bits per heavy atom. The Kier molecular flexibility index (Phi) is 7.79. The minimum Gasteiger partial charge on any atom is -0.489 e.